The SMILES string of the molecule is Cc1[nH]nc2ccc3nc(-c4ccc(C(=O)NCCN(C)C)c(F)c4)c4c(c3c12)C1CCC4C1. The summed E-state index contributed by atoms with van der Waals surface area (Å²) in [6, 6.07) is 8.93. The molecule has 1 amide bonds. The average Bonchev–Trinajstić information content (AvgIpc) is 3.53. The van der Waals surface area contributed by atoms with Crippen LogP contribution < -0.4 is 5.32 Å². The quantitative estimate of drug-likeness (QED) is 0.448. The van der Waals surface area contributed by atoms with Crippen molar-refractivity contribution in [2.75, 3.05) is 27.2 Å². The maximum Gasteiger partial charge on any atom is 0.254 e. The van der Waals surface area contributed by atoms with E-state index in [0.717, 1.165) is 46.2 Å². The summed E-state index contributed by atoms with van der Waals surface area (Å²) in [5, 5.41) is 12.7. The van der Waals surface area contributed by atoms with E-state index in [2.05, 4.69) is 22.4 Å². The molecule has 2 N–H and O–H groups in total. The predicted octanol–water partition coefficient (Wildman–Crippen LogP) is 4.88. The van der Waals surface area contributed by atoms with Gasteiger partial charge in [0.15, 0.2) is 0 Å². The van der Waals surface area contributed by atoms with Gasteiger partial charge in [0.2, 0.25) is 0 Å². The molecule has 1 saturated carbocycles. The summed E-state index contributed by atoms with van der Waals surface area (Å²) < 4.78 is 15.1. The van der Waals surface area contributed by atoms with E-state index in [4.69, 9.17) is 4.98 Å². The summed E-state index contributed by atoms with van der Waals surface area (Å²) in [5.74, 6) is 0.0569. The molecular formula is C27H28FN5O. The Hall–Kier alpha value is -3.32. The second-order valence-corrected chi connectivity index (χ2v) is 9.95. The Morgan fingerprint density at radius 1 is 1.12 bits per heavy atom. The minimum Gasteiger partial charge on any atom is -0.351 e. The van der Waals surface area contributed by atoms with Gasteiger partial charge in [-0.25, -0.2) is 9.37 Å². The number of likely N-dealkylation sites (N-methyl/N-ethyl adjacent to an activating group) is 1. The first-order chi connectivity index (χ1) is 16.4. The van der Waals surface area contributed by atoms with Crippen LogP contribution in [0.5, 0.6) is 0 Å². The van der Waals surface area contributed by atoms with Gasteiger partial charge in [-0.15, -0.1) is 0 Å². The number of nitrogens with one attached hydrogen (secondary N) is 2. The number of aromatic nitrogens is 3. The number of carbonyl (C=O) groups excluding carboxylic acids is 1. The number of hydrogen-bond donors (Lipinski definition) is 2. The zero-order valence-electron chi connectivity index (χ0n) is 19.7. The van der Waals surface area contributed by atoms with Crippen molar-refractivity contribution in [2.45, 2.75) is 38.0 Å². The van der Waals surface area contributed by atoms with Crippen LogP contribution in [-0.2, 0) is 0 Å². The number of carbonyl (C=O) groups is 1. The van der Waals surface area contributed by atoms with Gasteiger partial charge >= 0.3 is 0 Å². The molecule has 7 heteroatoms. The first-order valence-electron chi connectivity index (χ1n) is 12.0. The molecule has 174 valence electrons. The van der Waals surface area contributed by atoms with Crippen LogP contribution >= 0.6 is 0 Å². The summed E-state index contributed by atoms with van der Waals surface area (Å²) in [4.78, 5) is 19.5. The van der Waals surface area contributed by atoms with Gasteiger partial charge in [0.05, 0.1) is 22.3 Å². The van der Waals surface area contributed by atoms with E-state index in [1.807, 2.05) is 37.2 Å². The van der Waals surface area contributed by atoms with Crippen molar-refractivity contribution < 1.29 is 9.18 Å². The summed E-state index contributed by atoms with van der Waals surface area (Å²) in [5.41, 5.74) is 7.22. The zero-order valence-corrected chi connectivity index (χ0v) is 19.7. The molecular weight excluding hydrogens is 429 g/mol. The summed E-state index contributed by atoms with van der Waals surface area (Å²) >= 11 is 0. The van der Waals surface area contributed by atoms with Crippen LogP contribution in [0.25, 0.3) is 33.1 Å². The van der Waals surface area contributed by atoms with Crippen molar-refractivity contribution >= 4 is 27.7 Å². The molecule has 2 heterocycles. The molecule has 6 nitrogen and oxygen atoms in total. The molecule has 2 aromatic carbocycles. The van der Waals surface area contributed by atoms with E-state index in [9.17, 15) is 4.79 Å². The van der Waals surface area contributed by atoms with Crippen molar-refractivity contribution in [3.63, 3.8) is 0 Å². The number of fused-ring (bicyclic) bond motifs is 9. The average molecular weight is 458 g/mol. The van der Waals surface area contributed by atoms with Gasteiger partial charge in [-0.05, 0) is 87.5 Å². The van der Waals surface area contributed by atoms with Crippen LogP contribution in [0.1, 0.15) is 58.3 Å². The number of H-pyrrole nitrogens is 1. The van der Waals surface area contributed by atoms with Crippen LogP contribution in [0.4, 0.5) is 4.39 Å². The second kappa shape index (κ2) is 7.87. The lowest BCUT2D eigenvalue weighted by molar-refractivity contribution is 0.0947. The molecule has 4 aromatic rings. The van der Waals surface area contributed by atoms with Gasteiger partial charge in [-0.1, -0.05) is 6.07 Å². The molecule has 2 atom stereocenters. The van der Waals surface area contributed by atoms with E-state index in [1.165, 1.54) is 29.0 Å². The number of aromatic amines is 1. The van der Waals surface area contributed by atoms with Crippen molar-refractivity contribution in [3.05, 3.63) is 58.5 Å². The molecule has 2 bridgehead atoms. The maximum atomic E-state index is 15.1. The largest absolute Gasteiger partial charge is 0.351 e. The molecule has 2 aliphatic rings. The van der Waals surface area contributed by atoms with Crippen molar-refractivity contribution in [2.24, 2.45) is 0 Å². The fourth-order valence-electron chi connectivity index (χ4n) is 5.96. The summed E-state index contributed by atoms with van der Waals surface area (Å²) in [6.07, 6.45) is 3.46. The van der Waals surface area contributed by atoms with Crippen LogP contribution in [0, 0.1) is 12.7 Å². The van der Waals surface area contributed by atoms with Gasteiger partial charge in [0.1, 0.15) is 5.82 Å². The molecule has 34 heavy (non-hydrogen) atoms. The molecule has 0 spiro atoms. The molecule has 2 aliphatic carbocycles. The lowest BCUT2D eigenvalue weighted by atomic mass is 9.85. The first-order valence-corrected chi connectivity index (χ1v) is 12.0. The van der Waals surface area contributed by atoms with Crippen LogP contribution in [0.15, 0.2) is 30.3 Å². The Bertz CT molecular complexity index is 1460. The van der Waals surface area contributed by atoms with Crippen molar-refractivity contribution in [1.29, 1.82) is 0 Å². The third-order valence-corrected chi connectivity index (χ3v) is 7.51. The van der Waals surface area contributed by atoms with E-state index in [0.29, 0.717) is 24.9 Å². The lowest BCUT2D eigenvalue weighted by Crippen LogP contribution is -2.31. The lowest BCUT2D eigenvalue weighted by Gasteiger charge is -2.22. The fourth-order valence-corrected chi connectivity index (χ4v) is 5.96. The van der Waals surface area contributed by atoms with Gasteiger partial charge in [-0.3, -0.25) is 9.89 Å². The number of hydrogen-bond acceptors (Lipinski definition) is 4. The first kappa shape index (κ1) is 21.2. The Morgan fingerprint density at radius 2 is 1.88 bits per heavy atom. The van der Waals surface area contributed by atoms with Crippen molar-refractivity contribution in [1.82, 2.24) is 25.4 Å². The van der Waals surface area contributed by atoms with E-state index < -0.39 is 5.82 Å². The predicted molar refractivity (Wildman–Crippen MR) is 132 cm³/mol. The number of aryl methyl sites for hydroxylation is 1. The highest BCUT2D eigenvalue weighted by Gasteiger charge is 2.41. The monoisotopic (exact) mass is 457 g/mol. The standard InChI is InChI=1S/C27H28FN5O/c1-14-22-21(32-31-14)9-8-20-25(22)23-15-4-5-16(12-15)24(23)26(30-20)17-6-7-18(19(28)13-17)27(34)29-10-11-33(2)3/h6-9,13,15-16H,4-5,10-12H2,1-3H3,(H,29,34)(H,31,32). The number of pyridine rings is 1. The molecule has 6 rings (SSSR count). The van der Waals surface area contributed by atoms with Gasteiger partial charge < -0.3 is 10.2 Å². The molecule has 2 unspecified atom stereocenters. The minimum atomic E-state index is -0.514. The van der Waals surface area contributed by atoms with E-state index >= 15 is 4.39 Å². The normalized spacial score (nSPS) is 18.9. The van der Waals surface area contributed by atoms with Gasteiger partial charge in [-0.2, -0.15) is 5.10 Å². The van der Waals surface area contributed by atoms with E-state index in [1.54, 1.807) is 6.07 Å². The molecule has 0 saturated heterocycles. The molecule has 0 radical (unpaired) electrons. The van der Waals surface area contributed by atoms with Gasteiger partial charge in [0.25, 0.3) is 5.91 Å². The van der Waals surface area contributed by atoms with Crippen LogP contribution in [0.2, 0.25) is 0 Å². The molecule has 1 fully saturated rings. The van der Waals surface area contributed by atoms with Gasteiger partial charge in [0, 0.05) is 35.1 Å². The Kier molecular flexibility index (Phi) is 4.92. The topological polar surface area (TPSA) is 73.9 Å². The molecule has 2 aromatic heterocycles. The smallest absolute Gasteiger partial charge is 0.254 e. The minimum absolute atomic E-state index is 0.0668. The second-order valence-electron chi connectivity index (χ2n) is 9.95. The van der Waals surface area contributed by atoms with Crippen LogP contribution in [0.3, 0.4) is 0 Å². The zero-order chi connectivity index (χ0) is 23.6. The number of nitrogens with zero attached hydrogens (tertiary/aromatic N) is 3. The highest BCUT2D eigenvalue weighted by molar-refractivity contribution is 6.10. The third-order valence-electron chi connectivity index (χ3n) is 7.51. The maximum absolute atomic E-state index is 15.1. The fraction of sp³-hybridized carbons (Fsp3) is 0.370. The number of rotatable bonds is 5. The summed E-state index contributed by atoms with van der Waals surface area (Å²) in [6.45, 7) is 3.22. The third kappa shape index (κ3) is 3.21. The Morgan fingerprint density at radius 3 is 2.65 bits per heavy atom. The number of amides is 1. The highest BCUT2D eigenvalue weighted by Crippen LogP contribution is 2.58. The highest BCUT2D eigenvalue weighted by atomic mass is 19.1. The van der Waals surface area contributed by atoms with E-state index in [-0.39, 0.29) is 11.5 Å². The van der Waals surface area contributed by atoms with Crippen LogP contribution in [-0.4, -0.2) is 53.2 Å². The summed E-state index contributed by atoms with van der Waals surface area (Å²) in [7, 11) is 3.87. The van der Waals surface area contributed by atoms with Crippen molar-refractivity contribution in [3.8, 4) is 11.3 Å². The number of benzene rings is 2. The Labute approximate surface area is 197 Å². The molecule has 0 aliphatic heterocycles. The number of halogens is 1. The Balaban J connectivity index is 1.47.